The maximum atomic E-state index is 12.9. The number of nitrogens with one attached hydrogen (secondary N) is 3. The fourth-order valence-electron chi connectivity index (χ4n) is 4.37. The van der Waals surface area contributed by atoms with Crippen LogP contribution in [0.5, 0.6) is 0 Å². The van der Waals surface area contributed by atoms with Gasteiger partial charge in [0.25, 0.3) is 5.91 Å². The fraction of sp³-hybridized carbons (Fsp3) is 0.440. The number of hydrogen-bond acceptors (Lipinski definition) is 6. The summed E-state index contributed by atoms with van der Waals surface area (Å²) in [7, 11) is 0. The second-order valence-electron chi connectivity index (χ2n) is 9.98. The molecule has 1 fully saturated rings. The largest absolute Gasteiger partial charge is 0.338 e. The predicted octanol–water partition coefficient (Wildman–Crippen LogP) is 3.69. The Balaban J connectivity index is 0.00000342. The van der Waals surface area contributed by atoms with Gasteiger partial charge in [0.2, 0.25) is 5.91 Å². The van der Waals surface area contributed by atoms with Crippen LogP contribution in [0.25, 0.3) is 0 Å². The van der Waals surface area contributed by atoms with Crippen molar-refractivity contribution in [3.8, 4) is 0 Å². The van der Waals surface area contributed by atoms with E-state index in [1.165, 1.54) is 0 Å². The highest BCUT2D eigenvalue weighted by molar-refractivity contribution is 6.08. The van der Waals surface area contributed by atoms with E-state index in [0.29, 0.717) is 43.3 Å². The standard InChI is InChI=1S/C25H31N7O2.H2/c1-15-8-9-20(26)32(15)22(27)18-6-5-7-21(29-18)30-23(33)19-12-17-14-31(24(34)25(2,3)4)11-10-16(17)13-28-19;/h5-7,12-13,15,26-27H,8-11,14H2,1-4H3,(H,29,30,33);1H/t15-;/m0./s1. The van der Waals surface area contributed by atoms with Gasteiger partial charge in [-0.15, -0.1) is 0 Å². The van der Waals surface area contributed by atoms with Gasteiger partial charge in [-0.1, -0.05) is 26.8 Å². The van der Waals surface area contributed by atoms with Crippen LogP contribution in [0, 0.1) is 16.2 Å². The van der Waals surface area contributed by atoms with E-state index >= 15 is 0 Å². The molecule has 0 bridgehead atoms. The van der Waals surface area contributed by atoms with Crippen molar-refractivity contribution < 1.29 is 11.0 Å². The van der Waals surface area contributed by atoms with Gasteiger partial charge in [-0.2, -0.15) is 0 Å². The summed E-state index contributed by atoms with van der Waals surface area (Å²) < 4.78 is 0. The average Bonchev–Trinajstić information content (AvgIpc) is 3.14. The number of carbonyl (C=O) groups excluding carboxylic acids is 2. The maximum Gasteiger partial charge on any atom is 0.275 e. The molecule has 2 aromatic heterocycles. The molecule has 0 aliphatic carbocycles. The van der Waals surface area contributed by atoms with Crippen LogP contribution in [-0.4, -0.2) is 55.8 Å². The fourth-order valence-corrected chi connectivity index (χ4v) is 4.37. The molecule has 0 spiro atoms. The summed E-state index contributed by atoms with van der Waals surface area (Å²) in [5.41, 5.74) is 2.16. The number of carbonyl (C=O) groups is 2. The first-order valence-corrected chi connectivity index (χ1v) is 11.6. The average molecular weight is 464 g/mol. The van der Waals surface area contributed by atoms with Crippen LogP contribution < -0.4 is 5.32 Å². The zero-order valence-electron chi connectivity index (χ0n) is 20.1. The van der Waals surface area contributed by atoms with Crippen LogP contribution >= 0.6 is 0 Å². The number of likely N-dealkylation sites (tertiary alicyclic amines) is 1. The van der Waals surface area contributed by atoms with Crippen LogP contribution in [0.3, 0.4) is 0 Å². The van der Waals surface area contributed by atoms with Gasteiger partial charge >= 0.3 is 0 Å². The van der Waals surface area contributed by atoms with Crippen LogP contribution in [0.1, 0.15) is 69.3 Å². The summed E-state index contributed by atoms with van der Waals surface area (Å²) in [4.78, 5) is 37.9. The van der Waals surface area contributed by atoms with Crippen molar-refractivity contribution in [3.05, 3.63) is 53.0 Å². The van der Waals surface area contributed by atoms with E-state index in [4.69, 9.17) is 10.8 Å². The molecule has 9 heteroatoms. The number of pyridine rings is 2. The van der Waals surface area contributed by atoms with Gasteiger partial charge in [0, 0.05) is 38.6 Å². The lowest BCUT2D eigenvalue weighted by Crippen LogP contribution is -2.42. The smallest absolute Gasteiger partial charge is 0.275 e. The van der Waals surface area contributed by atoms with Crippen LogP contribution in [-0.2, 0) is 17.8 Å². The first-order chi connectivity index (χ1) is 16.0. The molecule has 0 saturated carbocycles. The highest BCUT2D eigenvalue weighted by Crippen LogP contribution is 2.25. The van der Waals surface area contributed by atoms with Crippen molar-refractivity contribution in [3.63, 3.8) is 0 Å². The van der Waals surface area contributed by atoms with Crippen molar-refractivity contribution in [2.24, 2.45) is 5.41 Å². The summed E-state index contributed by atoms with van der Waals surface area (Å²) >= 11 is 0. The molecule has 1 atom stereocenters. The van der Waals surface area contributed by atoms with Crippen LogP contribution in [0.4, 0.5) is 5.82 Å². The Kier molecular flexibility index (Phi) is 6.20. The first-order valence-electron chi connectivity index (χ1n) is 11.6. The second kappa shape index (κ2) is 8.96. The van der Waals surface area contributed by atoms with E-state index in [2.05, 4.69) is 15.3 Å². The summed E-state index contributed by atoms with van der Waals surface area (Å²) in [5, 5.41) is 19.4. The van der Waals surface area contributed by atoms with Crippen molar-refractivity contribution in [1.29, 1.82) is 10.8 Å². The number of amides is 2. The van der Waals surface area contributed by atoms with E-state index in [0.717, 1.165) is 17.5 Å². The molecule has 2 amide bonds. The third-order valence-electron chi connectivity index (χ3n) is 6.26. The molecule has 9 nitrogen and oxygen atoms in total. The van der Waals surface area contributed by atoms with Gasteiger partial charge in [-0.25, -0.2) is 4.98 Å². The summed E-state index contributed by atoms with van der Waals surface area (Å²) in [5.74, 6) is 0.563. The zero-order valence-corrected chi connectivity index (χ0v) is 20.1. The molecule has 180 valence electrons. The van der Waals surface area contributed by atoms with Crippen molar-refractivity contribution >= 4 is 29.3 Å². The molecule has 0 unspecified atom stereocenters. The van der Waals surface area contributed by atoms with E-state index < -0.39 is 11.3 Å². The molecule has 4 heterocycles. The quantitative estimate of drug-likeness (QED) is 0.473. The minimum absolute atomic E-state index is 0. The van der Waals surface area contributed by atoms with E-state index in [1.807, 2.05) is 32.6 Å². The highest BCUT2D eigenvalue weighted by atomic mass is 16.2. The Morgan fingerprint density at radius 1 is 1.18 bits per heavy atom. The number of nitrogens with zero attached hydrogens (tertiary/aromatic N) is 4. The Morgan fingerprint density at radius 3 is 2.62 bits per heavy atom. The molecule has 34 heavy (non-hydrogen) atoms. The Bertz CT molecular complexity index is 1170. The van der Waals surface area contributed by atoms with Crippen LogP contribution in [0.15, 0.2) is 30.5 Å². The number of hydrogen-bond donors (Lipinski definition) is 3. The summed E-state index contributed by atoms with van der Waals surface area (Å²) in [6, 6.07) is 6.91. The number of aromatic nitrogens is 2. The van der Waals surface area contributed by atoms with Gasteiger partial charge in [0.05, 0.1) is 0 Å². The molecular formula is C25H33N7O2. The number of anilines is 1. The lowest BCUT2D eigenvalue weighted by atomic mass is 9.92. The van der Waals surface area contributed by atoms with Gasteiger partial charge in [0.15, 0.2) is 5.84 Å². The third-order valence-corrected chi connectivity index (χ3v) is 6.26. The molecule has 4 rings (SSSR count). The van der Waals surface area contributed by atoms with E-state index in [9.17, 15) is 9.59 Å². The zero-order chi connectivity index (χ0) is 24.6. The summed E-state index contributed by atoms with van der Waals surface area (Å²) in [6.45, 7) is 8.81. The normalized spacial score (nSPS) is 18.0. The lowest BCUT2D eigenvalue weighted by molar-refractivity contribution is -0.140. The maximum absolute atomic E-state index is 12.9. The summed E-state index contributed by atoms with van der Waals surface area (Å²) in [6.07, 6.45) is 3.90. The lowest BCUT2D eigenvalue weighted by Gasteiger charge is -2.33. The molecule has 3 N–H and O–H groups in total. The van der Waals surface area contributed by atoms with Gasteiger partial charge in [-0.3, -0.25) is 25.4 Å². The van der Waals surface area contributed by atoms with E-state index in [-0.39, 0.29) is 24.9 Å². The number of rotatable bonds is 3. The number of fused-ring (bicyclic) bond motifs is 1. The minimum atomic E-state index is -0.458. The van der Waals surface area contributed by atoms with Gasteiger partial charge in [0.1, 0.15) is 23.0 Å². The molecular weight excluding hydrogens is 430 g/mol. The number of amidine groups is 2. The van der Waals surface area contributed by atoms with E-state index in [1.54, 1.807) is 35.4 Å². The molecule has 1 saturated heterocycles. The molecule has 0 aromatic carbocycles. The predicted molar refractivity (Wildman–Crippen MR) is 132 cm³/mol. The molecule has 2 aliphatic rings. The monoisotopic (exact) mass is 463 g/mol. The first kappa shape index (κ1) is 23.5. The third kappa shape index (κ3) is 4.69. The highest BCUT2D eigenvalue weighted by Gasteiger charge is 2.31. The topological polar surface area (TPSA) is 126 Å². The van der Waals surface area contributed by atoms with Gasteiger partial charge < -0.3 is 15.1 Å². The minimum Gasteiger partial charge on any atom is -0.338 e. The van der Waals surface area contributed by atoms with Crippen molar-refractivity contribution in [2.75, 3.05) is 11.9 Å². The van der Waals surface area contributed by atoms with Crippen molar-refractivity contribution in [2.45, 2.75) is 59.5 Å². The SMILES string of the molecule is C[C@H]1CCC(=N)N1C(=N)c1cccc(NC(=O)c2cc3c(cn2)CCN(C(=O)C(C)(C)C)C3)n1.[HH]. The van der Waals surface area contributed by atoms with Gasteiger partial charge in [-0.05, 0) is 49.1 Å². The second-order valence-corrected chi connectivity index (χ2v) is 9.98. The Labute approximate surface area is 201 Å². The Morgan fingerprint density at radius 2 is 1.94 bits per heavy atom. The van der Waals surface area contributed by atoms with Crippen molar-refractivity contribution in [1.82, 2.24) is 19.8 Å². The van der Waals surface area contributed by atoms with Crippen LogP contribution in [0.2, 0.25) is 0 Å². The molecule has 2 aromatic rings. The molecule has 0 radical (unpaired) electrons. The Hall–Kier alpha value is -3.62. The molecule has 2 aliphatic heterocycles.